The Morgan fingerprint density at radius 3 is 2.89 bits per heavy atom. The lowest BCUT2D eigenvalue weighted by atomic mass is 10.2. The monoisotopic (exact) mass is 123 g/mol. The van der Waals surface area contributed by atoms with Gasteiger partial charge in [-0.25, -0.2) is 4.39 Å². The van der Waals surface area contributed by atoms with Gasteiger partial charge in [0.2, 0.25) is 0 Å². The molecule has 1 rings (SSSR count). The van der Waals surface area contributed by atoms with Crippen molar-refractivity contribution < 1.29 is 4.39 Å². The van der Waals surface area contributed by atoms with Crippen molar-refractivity contribution in [2.24, 2.45) is 0 Å². The van der Waals surface area contributed by atoms with Crippen molar-refractivity contribution in [3.05, 3.63) is 35.6 Å². The van der Waals surface area contributed by atoms with E-state index in [1.165, 1.54) is 6.07 Å². The summed E-state index contributed by atoms with van der Waals surface area (Å²) >= 11 is 0. The Labute approximate surface area is 54.3 Å². The highest BCUT2D eigenvalue weighted by molar-refractivity contribution is 5.15. The maximum Gasteiger partial charge on any atom is 0.127 e. The summed E-state index contributed by atoms with van der Waals surface area (Å²) in [5, 5.41) is 0. The number of aryl methyl sites for hydroxylation is 1. The van der Waals surface area contributed by atoms with E-state index in [0.29, 0.717) is 0 Å². The van der Waals surface area contributed by atoms with E-state index in [-0.39, 0.29) is 5.82 Å². The van der Waals surface area contributed by atoms with Crippen LogP contribution in [0.15, 0.2) is 18.2 Å². The van der Waals surface area contributed by atoms with E-state index in [1.54, 1.807) is 12.1 Å². The van der Waals surface area contributed by atoms with Gasteiger partial charge in [-0.05, 0) is 24.1 Å². The molecule has 0 nitrogen and oxygen atoms in total. The van der Waals surface area contributed by atoms with Crippen LogP contribution < -0.4 is 0 Å². The van der Waals surface area contributed by atoms with Gasteiger partial charge in [0, 0.05) is 0 Å². The molecule has 0 saturated carbocycles. The van der Waals surface area contributed by atoms with Crippen LogP contribution >= 0.6 is 0 Å². The van der Waals surface area contributed by atoms with Crippen LogP contribution in [-0.2, 0) is 6.42 Å². The lowest BCUT2D eigenvalue weighted by molar-refractivity contribution is 0.612. The van der Waals surface area contributed by atoms with Gasteiger partial charge in [-0.2, -0.15) is 0 Å². The van der Waals surface area contributed by atoms with Gasteiger partial charge >= 0.3 is 0 Å². The molecule has 0 bridgehead atoms. The topological polar surface area (TPSA) is 0 Å². The minimum Gasteiger partial charge on any atom is -0.207 e. The van der Waals surface area contributed by atoms with Gasteiger partial charge in [0.05, 0.1) is 0 Å². The summed E-state index contributed by atoms with van der Waals surface area (Å²) in [7, 11) is 0. The summed E-state index contributed by atoms with van der Waals surface area (Å²) in [4.78, 5) is 0. The fourth-order valence-corrected chi connectivity index (χ4v) is 0.729. The normalized spacial score (nSPS) is 9.56. The maximum absolute atomic E-state index is 12.6. The summed E-state index contributed by atoms with van der Waals surface area (Å²) in [5.41, 5.74) is 0.758. The molecule has 0 unspecified atom stereocenters. The lowest BCUT2D eigenvalue weighted by Gasteiger charge is -1.94. The van der Waals surface area contributed by atoms with E-state index >= 15 is 0 Å². The highest BCUT2D eigenvalue weighted by Gasteiger charge is 1.94. The van der Waals surface area contributed by atoms with Gasteiger partial charge in [-0.3, -0.25) is 0 Å². The van der Waals surface area contributed by atoms with Gasteiger partial charge in [-0.15, -0.1) is 0 Å². The minimum atomic E-state index is -0.153. The van der Waals surface area contributed by atoms with E-state index in [2.05, 4.69) is 6.07 Å². The third-order valence-electron chi connectivity index (χ3n) is 1.28. The van der Waals surface area contributed by atoms with E-state index in [9.17, 15) is 4.39 Å². The molecule has 9 heavy (non-hydrogen) atoms. The number of benzene rings is 1. The van der Waals surface area contributed by atoms with Crippen LogP contribution in [0.25, 0.3) is 0 Å². The second-order valence-electron chi connectivity index (χ2n) is 1.87. The molecule has 0 spiro atoms. The van der Waals surface area contributed by atoms with Crippen LogP contribution in [0, 0.1) is 11.9 Å². The van der Waals surface area contributed by atoms with Crippen LogP contribution in [0.2, 0.25) is 0 Å². The van der Waals surface area contributed by atoms with Crippen molar-refractivity contribution in [1.29, 1.82) is 0 Å². The van der Waals surface area contributed by atoms with E-state index in [1.807, 2.05) is 6.92 Å². The third kappa shape index (κ3) is 1.28. The third-order valence-corrected chi connectivity index (χ3v) is 1.28. The predicted molar refractivity (Wildman–Crippen MR) is 34.6 cm³/mol. The zero-order chi connectivity index (χ0) is 6.69. The van der Waals surface area contributed by atoms with Gasteiger partial charge in [0.15, 0.2) is 0 Å². The molecular weight excluding hydrogens is 115 g/mol. The Hall–Kier alpha value is -0.850. The molecule has 0 atom stereocenters. The molecule has 1 aromatic carbocycles. The van der Waals surface area contributed by atoms with Crippen molar-refractivity contribution in [3.8, 4) is 0 Å². The van der Waals surface area contributed by atoms with Gasteiger partial charge in [0.1, 0.15) is 5.82 Å². The fraction of sp³-hybridized carbons (Fsp3) is 0.250. The fourth-order valence-electron chi connectivity index (χ4n) is 0.729. The van der Waals surface area contributed by atoms with E-state index in [0.717, 1.165) is 12.0 Å². The maximum atomic E-state index is 12.6. The molecule has 0 saturated heterocycles. The molecule has 0 aliphatic heterocycles. The largest absolute Gasteiger partial charge is 0.207 e. The predicted octanol–water partition coefficient (Wildman–Crippen LogP) is 2.19. The second-order valence-corrected chi connectivity index (χ2v) is 1.87. The standard InChI is InChI=1S/C8H8F/c1-2-7-5-3-4-6-8(7)9/h3,5-6H,2H2,1H3. The molecule has 0 amide bonds. The number of hydrogen-bond donors (Lipinski definition) is 0. The SMILES string of the molecule is CCc1cc[c]cc1F. The molecule has 0 fully saturated rings. The molecule has 0 aliphatic carbocycles. The molecule has 1 heteroatoms. The number of halogens is 1. The van der Waals surface area contributed by atoms with E-state index in [4.69, 9.17) is 0 Å². The number of hydrogen-bond acceptors (Lipinski definition) is 0. The van der Waals surface area contributed by atoms with Crippen LogP contribution in [0.5, 0.6) is 0 Å². The zero-order valence-corrected chi connectivity index (χ0v) is 5.32. The second kappa shape index (κ2) is 2.62. The molecule has 1 aromatic rings. The molecular formula is C8H8F. The van der Waals surface area contributed by atoms with Crippen molar-refractivity contribution >= 4 is 0 Å². The summed E-state index contributed by atoms with van der Waals surface area (Å²) in [6.07, 6.45) is 0.751. The summed E-state index contributed by atoms with van der Waals surface area (Å²) in [6, 6.07) is 7.49. The average Bonchev–Trinajstić information content (AvgIpc) is 1.89. The molecule has 0 N–H and O–H groups in total. The molecule has 0 aromatic heterocycles. The quantitative estimate of drug-likeness (QED) is 0.537. The van der Waals surface area contributed by atoms with Crippen molar-refractivity contribution in [2.75, 3.05) is 0 Å². The first kappa shape index (κ1) is 6.27. The first-order chi connectivity index (χ1) is 4.34. The Bertz CT molecular complexity index is 194. The van der Waals surface area contributed by atoms with E-state index < -0.39 is 0 Å². The van der Waals surface area contributed by atoms with Gasteiger partial charge < -0.3 is 0 Å². The first-order valence-electron chi connectivity index (χ1n) is 2.99. The summed E-state index contributed by atoms with van der Waals surface area (Å²) in [6.45, 7) is 1.93. The molecule has 0 aliphatic rings. The van der Waals surface area contributed by atoms with Crippen molar-refractivity contribution in [3.63, 3.8) is 0 Å². The lowest BCUT2D eigenvalue weighted by Crippen LogP contribution is -1.84. The van der Waals surface area contributed by atoms with Crippen LogP contribution in [0.4, 0.5) is 4.39 Å². The Morgan fingerprint density at radius 1 is 1.67 bits per heavy atom. The molecule has 0 heterocycles. The van der Waals surface area contributed by atoms with Gasteiger partial charge in [0.25, 0.3) is 0 Å². The number of rotatable bonds is 1. The Kier molecular flexibility index (Phi) is 1.83. The highest BCUT2D eigenvalue weighted by Crippen LogP contribution is 2.04. The Balaban J connectivity index is 3.01. The minimum absolute atomic E-state index is 0.153. The average molecular weight is 123 g/mol. The first-order valence-corrected chi connectivity index (χ1v) is 2.99. The molecule has 1 radical (unpaired) electrons. The molecule has 47 valence electrons. The van der Waals surface area contributed by atoms with Crippen LogP contribution in [0.1, 0.15) is 12.5 Å². The Morgan fingerprint density at radius 2 is 2.44 bits per heavy atom. The highest BCUT2D eigenvalue weighted by atomic mass is 19.1. The van der Waals surface area contributed by atoms with Crippen molar-refractivity contribution in [2.45, 2.75) is 13.3 Å². The van der Waals surface area contributed by atoms with Gasteiger partial charge in [-0.1, -0.05) is 19.1 Å². The van der Waals surface area contributed by atoms with Crippen LogP contribution in [0.3, 0.4) is 0 Å². The van der Waals surface area contributed by atoms with Crippen molar-refractivity contribution in [1.82, 2.24) is 0 Å². The van der Waals surface area contributed by atoms with Crippen LogP contribution in [-0.4, -0.2) is 0 Å². The zero-order valence-electron chi connectivity index (χ0n) is 5.32. The summed E-state index contributed by atoms with van der Waals surface area (Å²) < 4.78 is 12.6. The smallest absolute Gasteiger partial charge is 0.127 e. The summed E-state index contributed by atoms with van der Waals surface area (Å²) in [5.74, 6) is -0.153.